The van der Waals surface area contributed by atoms with Crippen LogP contribution in [0.25, 0.3) is 0 Å². The Morgan fingerprint density at radius 3 is 2.69 bits per heavy atom. The summed E-state index contributed by atoms with van der Waals surface area (Å²) in [6.07, 6.45) is 0. The molecular formula is C12H18BrNO2. The average Bonchev–Trinajstić information content (AvgIpc) is 2.23. The maximum Gasteiger partial charge on any atom is 0.0744 e. The van der Waals surface area contributed by atoms with E-state index in [0.29, 0.717) is 13.2 Å². The van der Waals surface area contributed by atoms with Crippen molar-refractivity contribution in [2.24, 2.45) is 0 Å². The summed E-state index contributed by atoms with van der Waals surface area (Å²) in [4.78, 5) is 0. The van der Waals surface area contributed by atoms with Crippen LogP contribution in [0.3, 0.4) is 0 Å². The predicted octanol–water partition coefficient (Wildman–Crippen LogP) is 3.04. The number of hydrogen-bond acceptors (Lipinski definition) is 3. The van der Waals surface area contributed by atoms with Crippen LogP contribution in [-0.4, -0.2) is 26.9 Å². The minimum Gasteiger partial charge on any atom is -0.383 e. The van der Waals surface area contributed by atoms with Crippen LogP contribution in [0.5, 0.6) is 0 Å². The summed E-state index contributed by atoms with van der Waals surface area (Å²) >= 11 is 3.53. The fraction of sp³-hybridized carbons (Fsp3) is 0.500. The van der Waals surface area contributed by atoms with Crippen molar-refractivity contribution in [1.82, 2.24) is 0 Å². The second kappa shape index (κ2) is 6.89. The Kier molecular flexibility index (Phi) is 5.80. The standard InChI is InChI=1S/C12H18BrNO2/c1-9(7-15-2)14-12-6-4-5-11(13)10(12)8-16-3/h4-6,9,14H,7-8H2,1-3H3. The van der Waals surface area contributed by atoms with Crippen molar-refractivity contribution in [3.63, 3.8) is 0 Å². The molecule has 1 N–H and O–H groups in total. The molecule has 0 amide bonds. The van der Waals surface area contributed by atoms with Gasteiger partial charge in [0.25, 0.3) is 0 Å². The van der Waals surface area contributed by atoms with Crippen LogP contribution in [-0.2, 0) is 16.1 Å². The van der Waals surface area contributed by atoms with Crippen LogP contribution in [0.15, 0.2) is 22.7 Å². The lowest BCUT2D eigenvalue weighted by Crippen LogP contribution is -2.21. The van der Waals surface area contributed by atoms with Gasteiger partial charge in [-0.3, -0.25) is 0 Å². The number of rotatable bonds is 6. The first-order chi connectivity index (χ1) is 7.69. The molecule has 1 unspecified atom stereocenters. The van der Waals surface area contributed by atoms with Crippen LogP contribution in [0.4, 0.5) is 5.69 Å². The number of anilines is 1. The maximum atomic E-state index is 5.19. The Morgan fingerprint density at radius 2 is 2.06 bits per heavy atom. The molecule has 1 aromatic rings. The van der Waals surface area contributed by atoms with Gasteiger partial charge in [-0.15, -0.1) is 0 Å². The Labute approximate surface area is 105 Å². The molecule has 1 rings (SSSR count). The van der Waals surface area contributed by atoms with Gasteiger partial charge in [0.15, 0.2) is 0 Å². The van der Waals surface area contributed by atoms with E-state index in [9.17, 15) is 0 Å². The van der Waals surface area contributed by atoms with E-state index in [0.717, 1.165) is 15.7 Å². The first kappa shape index (κ1) is 13.5. The van der Waals surface area contributed by atoms with Crippen LogP contribution in [0, 0.1) is 0 Å². The Hall–Kier alpha value is -0.580. The summed E-state index contributed by atoms with van der Waals surface area (Å²) in [5.74, 6) is 0. The normalized spacial score (nSPS) is 12.5. The van der Waals surface area contributed by atoms with Crippen LogP contribution in [0.1, 0.15) is 12.5 Å². The summed E-state index contributed by atoms with van der Waals surface area (Å²) in [6, 6.07) is 6.34. The molecule has 0 aliphatic rings. The Morgan fingerprint density at radius 1 is 1.31 bits per heavy atom. The zero-order valence-corrected chi connectivity index (χ0v) is 11.5. The zero-order chi connectivity index (χ0) is 12.0. The molecule has 1 aromatic carbocycles. The zero-order valence-electron chi connectivity index (χ0n) is 9.92. The third-order valence-electron chi connectivity index (χ3n) is 2.23. The molecule has 4 heteroatoms. The molecule has 16 heavy (non-hydrogen) atoms. The molecule has 3 nitrogen and oxygen atoms in total. The van der Waals surface area contributed by atoms with E-state index in [2.05, 4.69) is 28.2 Å². The lowest BCUT2D eigenvalue weighted by molar-refractivity contribution is 0.183. The first-order valence-electron chi connectivity index (χ1n) is 5.20. The van der Waals surface area contributed by atoms with E-state index >= 15 is 0 Å². The van der Waals surface area contributed by atoms with Gasteiger partial charge in [-0.05, 0) is 19.1 Å². The highest BCUT2D eigenvalue weighted by Gasteiger charge is 2.08. The van der Waals surface area contributed by atoms with Gasteiger partial charge in [0.1, 0.15) is 0 Å². The van der Waals surface area contributed by atoms with Gasteiger partial charge >= 0.3 is 0 Å². The number of ether oxygens (including phenoxy) is 2. The van der Waals surface area contributed by atoms with Gasteiger partial charge in [0.05, 0.1) is 13.2 Å². The van der Waals surface area contributed by atoms with E-state index in [1.54, 1.807) is 14.2 Å². The molecule has 0 radical (unpaired) electrons. The summed E-state index contributed by atoms with van der Waals surface area (Å²) < 4.78 is 11.3. The lowest BCUT2D eigenvalue weighted by Gasteiger charge is -2.18. The Bertz CT molecular complexity index is 331. The molecule has 1 atom stereocenters. The van der Waals surface area contributed by atoms with Crippen molar-refractivity contribution < 1.29 is 9.47 Å². The topological polar surface area (TPSA) is 30.5 Å². The number of halogens is 1. The Balaban J connectivity index is 2.81. The summed E-state index contributed by atoms with van der Waals surface area (Å²) in [7, 11) is 3.40. The van der Waals surface area contributed by atoms with Gasteiger partial charge in [0.2, 0.25) is 0 Å². The minimum atomic E-state index is 0.273. The third kappa shape index (κ3) is 3.77. The van der Waals surface area contributed by atoms with Crippen LogP contribution in [0.2, 0.25) is 0 Å². The molecule has 0 heterocycles. The fourth-order valence-electron chi connectivity index (χ4n) is 1.54. The van der Waals surface area contributed by atoms with E-state index in [-0.39, 0.29) is 6.04 Å². The molecule has 0 bridgehead atoms. The van der Waals surface area contributed by atoms with Crippen molar-refractivity contribution >= 4 is 21.6 Å². The second-order valence-electron chi connectivity index (χ2n) is 3.70. The summed E-state index contributed by atoms with van der Waals surface area (Å²) in [5.41, 5.74) is 2.22. The fourth-order valence-corrected chi connectivity index (χ4v) is 2.02. The third-order valence-corrected chi connectivity index (χ3v) is 2.97. The molecule has 0 spiro atoms. The van der Waals surface area contributed by atoms with E-state index in [1.807, 2.05) is 18.2 Å². The molecule has 0 aliphatic heterocycles. The van der Waals surface area contributed by atoms with Crippen molar-refractivity contribution in [2.45, 2.75) is 19.6 Å². The number of methoxy groups -OCH3 is 2. The highest BCUT2D eigenvalue weighted by atomic mass is 79.9. The van der Waals surface area contributed by atoms with Gasteiger partial charge in [-0.2, -0.15) is 0 Å². The lowest BCUT2D eigenvalue weighted by atomic mass is 10.1. The van der Waals surface area contributed by atoms with Gasteiger partial charge in [0, 0.05) is 36.0 Å². The van der Waals surface area contributed by atoms with Crippen molar-refractivity contribution in [1.29, 1.82) is 0 Å². The van der Waals surface area contributed by atoms with Crippen molar-refractivity contribution in [3.8, 4) is 0 Å². The van der Waals surface area contributed by atoms with Crippen LogP contribution < -0.4 is 5.32 Å². The first-order valence-corrected chi connectivity index (χ1v) is 6.00. The van der Waals surface area contributed by atoms with Crippen LogP contribution >= 0.6 is 15.9 Å². The smallest absolute Gasteiger partial charge is 0.0744 e. The maximum absolute atomic E-state index is 5.19. The molecule has 0 fully saturated rings. The molecule has 0 saturated heterocycles. The molecule has 0 aliphatic carbocycles. The number of benzene rings is 1. The number of hydrogen-bond donors (Lipinski definition) is 1. The van der Waals surface area contributed by atoms with Gasteiger partial charge in [-0.1, -0.05) is 22.0 Å². The van der Waals surface area contributed by atoms with Crippen molar-refractivity contribution in [3.05, 3.63) is 28.2 Å². The largest absolute Gasteiger partial charge is 0.383 e. The summed E-state index contributed by atoms with van der Waals surface area (Å²) in [5, 5.41) is 3.40. The average molecular weight is 288 g/mol. The second-order valence-corrected chi connectivity index (χ2v) is 4.55. The quantitative estimate of drug-likeness (QED) is 0.872. The van der Waals surface area contributed by atoms with E-state index in [4.69, 9.17) is 9.47 Å². The predicted molar refractivity (Wildman–Crippen MR) is 69.8 cm³/mol. The molecule has 0 aromatic heterocycles. The van der Waals surface area contributed by atoms with Crippen molar-refractivity contribution in [2.75, 3.05) is 26.1 Å². The molecular weight excluding hydrogens is 270 g/mol. The monoisotopic (exact) mass is 287 g/mol. The molecule has 0 saturated carbocycles. The molecule has 90 valence electrons. The highest BCUT2D eigenvalue weighted by molar-refractivity contribution is 9.10. The summed E-state index contributed by atoms with van der Waals surface area (Å²) in [6.45, 7) is 3.35. The number of nitrogens with one attached hydrogen (secondary N) is 1. The van der Waals surface area contributed by atoms with Gasteiger partial charge in [-0.25, -0.2) is 0 Å². The highest BCUT2D eigenvalue weighted by Crippen LogP contribution is 2.26. The van der Waals surface area contributed by atoms with E-state index < -0.39 is 0 Å². The SMILES string of the molecule is COCc1c(Br)cccc1NC(C)COC. The van der Waals surface area contributed by atoms with E-state index in [1.165, 1.54) is 0 Å². The van der Waals surface area contributed by atoms with Gasteiger partial charge < -0.3 is 14.8 Å². The minimum absolute atomic E-state index is 0.273.